The highest BCUT2D eigenvalue weighted by molar-refractivity contribution is 8.03. The highest BCUT2D eigenvalue weighted by atomic mass is 35.5. The number of benzene rings is 3. The highest BCUT2D eigenvalue weighted by Crippen LogP contribution is 2.43. The molecule has 0 aliphatic carbocycles. The van der Waals surface area contributed by atoms with Gasteiger partial charge in [0.2, 0.25) is 5.91 Å². The molecule has 0 saturated carbocycles. The van der Waals surface area contributed by atoms with Crippen LogP contribution in [0.25, 0.3) is 0 Å². The van der Waals surface area contributed by atoms with E-state index in [0.717, 1.165) is 11.8 Å². The number of hydrogen-bond donors (Lipinski definition) is 3. The van der Waals surface area contributed by atoms with Crippen molar-refractivity contribution in [1.29, 1.82) is 5.26 Å². The zero-order valence-corrected chi connectivity index (χ0v) is 23.4. The van der Waals surface area contributed by atoms with E-state index in [1.54, 1.807) is 79.7 Å². The minimum Gasteiger partial charge on any atom is -0.495 e. The van der Waals surface area contributed by atoms with Crippen molar-refractivity contribution in [1.82, 2.24) is 5.32 Å². The third-order valence-corrected chi connectivity index (χ3v) is 7.65. The highest BCUT2D eigenvalue weighted by Gasteiger charge is 2.36. The largest absolute Gasteiger partial charge is 0.495 e. The number of para-hydroxylation sites is 3. The van der Waals surface area contributed by atoms with Gasteiger partial charge in [0.25, 0.3) is 5.91 Å². The number of ether oxygens (including phenoxy) is 1. The van der Waals surface area contributed by atoms with E-state index in [0.29, 0.717) is 49.0 Å². The Kier molecular flexibility index (Phi) is 9.20. The number of nitrogens with zero attached hydrogens (tertiary/aromatic N) is 1. The van der Waals surface area contributed by atoms with Gasteiger partial charge in [-0.25, -0.2) is 0 Å². The predicted molar refractivity (Wildman–Crippen MR) is 157 cm³/mol. The molecule has 0 fully saturated rings. The van der Waals surface area contributed by atoms with Crippen LogP contribution >= 0.6 is 35.0 Å². The fourth-order valence-electron chi connectivity index (χ4n) is 4.17. The Balaban J connectivity index is 1.66. The Hall–Kier alpha value is -3.90. The number of anilines is 2. The predicted octanol–water partition coefficient (Wildman–Crippen LogP) is 6.71. The first kappa shape index (κ1) is 28.1. The van der Waals surface area contributed by atoms with Crippen LogP contribution in [0, 0.1) is 11.3 Å². The number of allylic oxidation sites excluding steroid dienone is 2. The Bertz CT molecular complexity index is 1530. The fraction of sp³-hybridized carbons (Fsp3) is 0.138. The number of amides is 2. The van der Waals surface area contributed by atoms with Crippen LogP contribution in [-0.4, -0.2) is 24.7 Å². The quantitative estimate of drug-likeness (QED) is 0.274. The molecule has 39 heavy (non-hydrogen) atoms. The Morgan fingerprint density at radius 1 is 0.974 bits per heavy atom. The van der Waals surface area contributed by atoms with Crippen LogP contribution in [-0.2, 0) is 9.59 Å². The molecule has 198 valence electrons. The molecule has 0 radical (unpaired) electrons. The number of thioether (sulfide) groups is 1. The lowest BCUT2D eigenvalue weighted by Crippen LogP contribution is -2.31. The van der Waals surface area contributed by atoms with Crippen LogP contribution in [0.3, 0.4) is 0 Å². The Morgan fingerprint density at radius 2 is 1.62 bits per heavy atom. The molecule has 10 heteroatoms. The van der Waals surface area contributed by atoms with Crippen LogP contribution in [0.1, 0.15) is 18.4 Å². The van der Waals surface area contributed by atoms with E-state index in [1.165, 1.54) is 7.11 Å². The summed E-state index contributed by atoms with van der Waals surface area (Å²) in [5.41, 5.74) is 2.71. The van der Waals surface area contributed by atoms with Crippen molar-refractivity contribution < 1.29 is 14.3 Å². The molecule has 1 aliphatic heterocycles. The first-order valence-corrected chi connectivity index (χ1v) is 13.6. The van der Waals surface area contributed by atoms with E-state index < -0.39 is 11.8 Å². The lowest BCUT2D eigenvalue weighted by molar-refractivity contribution is -0.114. The SMILES string of the molecule is COc1ccccc1NC(=O)C1=C(C)NC(SCC(=O)Nc2ccccc2Cl)=C(C#N)C1c1ccccc1Cl. The molecule has 1 atom stereocenters. The molecule has 3 N–H and O–H groups in total. The molecule has 1 unspecified atom stereocenters. The van der Waals surface area contributed by atoms with E-state index in [-0.39, 0.29) is 17.2 Å². The van der Waals surface area contributed by atoms with Crippen molar-refractivity contribution in [2.75, 3.05) is 23.5 Å². The summed E-state index contributed by atoms with van der Waals surface area (Å²) in [5, 5.41) is 20.4. The zero-order valence-electron chi connectivity index (χ0n) is 21.0. The van der Waals surface area contributed by atoms with Gasteiger partial charge in [0.05, 0.1) is 51.8 Å². The maximum Gasteiger partial charge on any atom is 0.254 e. The van der Waals surface area contributed by atoms with Gasteiger partial charge in [-0.05, 0) is 42.8 Å². The number of dihydropyridines is 1. The topological polar surface area (TPSA) is 103 Å². The number of halogens is 2. The van der Waals surface area contributed by atoms with Gasteiger partial charge in [-0.3, -0.25) is 9.59 Å². The number of nitrogens with one attached hydrogen (secondary N) is 3. The molecule has 3 aromatic carbocycles. The Labute approximate surface area is 240 Å². The van der Waals surface area contributed by atoms with E-state index in [2.05, 4.69) is 22.0 Å². The minimum atomic E-state index is -0.770. The number of rotatable bonds is 8. The molecule has 1 aliphatic rings. The smallest absolute Gasteiger partial charge is 0.254 e. The zero-order chi connectivity index (χ0) is 27.9. The van der Waals surface area contributed by atoms with Gasteiger partial charge in [0, 0.05) is 16.3 Å². The molecule has 2 amide bonds. The van der Waals surface area contributed by atoms with Crippen molar-refractivity contribution in [3.8, 4) is 11.8 Å². The summed E-state index contributed by atoms with van der Waals surface area (Å²) in [4.78, 5) is 26.4. The van der Waals surface area contributed by atoms with E-state index >= 15 is 0 Å². The number of carbonyl (C=O) groups excluding carboxylic acids is 2. The molecule has 0 saturated heterocycles. The summed E-state index contributed by atoms with van der Waals surface area (Å²) in [5.74, 6) is -0.977. The van der Waals surface area contributed by atoms with Crippen LogP contribution in [0.15, 0.2) is 94.7 Å². The molecule has 4 rings (SSSR count). The van der Waals surface area contributed by atoms with Gasteiger partial charge >= 0.3 is 0 Å². The molecule has 0 bridgehead atoms. The maximum absolute atomic E-state index is 13.7. The second-order valence-electron chi connectivity index (χ2n) is 8.44. The second-order valence-corrected chi connectivity index (χ2v) is 10.2. The summed E-state index contributed by atoms with van der Waals surface area (Å²) in [6, 6.07) is 23.3. The second kappa shape index (κ2) is 12.8. The van der Waals surface area contributed by atoms with E-state index in [4.69, 9.17) is 27.9 Å². The monoisotopic (exact) mass is 578 g/mol. The maximum atomic E-state index is 13.7. The summed E-state index contributed by atoms with van der Waals surface area (Å²) >= 11 is 13.9. The number of hydrogen-bond acceptors (Lipinski definition) is 6. The van der Waals surface area contributed by atoms with Crippen molar-refractivity contribution in [3.63, 3.8) is 0 Å². The van der Waals surface area contributed by atoms with Crippen molar-refractivity contribution in [2.45, 2.75) is 12.8 Å². The third-order valence-electron chi connectivity index (χ3n) is 5.96. The van der Waals surface area contributed by atoms with Gasteiger partial charge in [-0.15, -0.1) is 0 Å². The van der Waals surface area contributed by atoms with Gasteiger partial charge in [-0.1, -0.05) is 77.4 Å². The standard InChI is InChI=1S/C29H24Cl2N4O3S/c1-17-26(28(37)35-23-13-7-8-14-24(23)38-2)27(18-9-3-4-10-20(18)30)19(15-32)29(33-17)39-16-25(36)34-22-12-6-5-11-21(22)31/h3-14,27,33H,16H2,1-2H3,(H,34,36)(H,35,37). The molecule has 3 aromatic rings. The van der Waals surface area contributed by atoms with E-state index in [9.17, 15) is 14.9 Å². The molecular weight excluding hydrogens is 555 g/mol. The van der Waals surface area contributed by atoms with Crippen LogP contribution in [0.2, 0.25) is 10.0 Å². The molecular formula is C29H24Cl2N4O3S. The Morgan fingerprint density at radius 3 is 2.28 bits per heavy atom. The molecule has 7 nitrogen and oxygen atoms in total. The van der Waals surface area contributed by atoms with Crippen molar-refractivity contribution in [3.05, 3.63) is 110 Å². The number of nitriles is 1. The lowest BCUT2D eigenvalue weighted by atomic mass is 9.82. The summed E-state index contributed by atoms with van der Waals surface area (Å²) in [6.07, 6.45) is 0. The average molecular weight is 580 g/mol. The van der Waals surface area contributed by atoms with Gasteiger partial charge in [0.15, 0.2) is 0 Å². The normalized spacial score (nSPS) is 14.8. The lowest BCUT2D eigenvalue weighted by Gasteiger charge is -2.30. The molecule has 0 aromatic heterocycles. The average Bonchev–Trinajstić information content (AvgIpc) is 2.93. The van der Waals surface area contributed by atoms with Crippen LogP contribution in [0.4, 0.5) is 11.4 Å². The van der Waals surface area contributed by atoms with Crippen molar-refractivity contribution in [2.24, 2.45) is 0 Å². The van der Waals surface area contributed by atoms with Gasteiger partial charge in [0.1, 0.15) is 5.75 Å². The van der Waals surface area contributed by atoms with Crippen LogP contribution in [0.5, 0.6) is 5.75 Å². The van der Waals surface area contributed by atoms with Gasteiger partial charge < -0.3 is 20.7 Å². The first-order chi connectivity index (χ1) is 18.8. The van der Waals surface area contributed by atoms with Crippen molar-refractivity contribution >= 4 is 58.2 Å². The summed E-state index contributed by atoms with van der Waals surface area (Å²) in [7, 11) is 1.52. The summed E-state index contributed by atoms with van der Waals surface area (Å²) < 4.78 is 5.38. The van der Waals surface area contributed by atoms with Gasteiger partial charge in [-0.2, -0.15) is 5.26 Å². The van der Waals surface area contributed by atoms with E-state index in [1.807, 2.05) is 0 Å². The molecule has 1 heterocycles. The summed E-state index contributed by atoms with van der Waals surface area (Å²) in [6.45, 7) is 1.75. The molecule has 0 spiro atoms. The minimum absolute atomic E-state index is 0.00397. The first-order valence-electron chi connectivity index (χ1n) is 11.8. The number of methoxy groups -OCH3 is 1. The fourth-order valence-corrected chi connectivity index (χ4v) is 5.49. The van der Waals surface area contributed by atoms with Crippen LogP contribution < -0.4 is 20.7 Å². The number of carbonyl (C=O) groups is 2. The third kappa shape index (κ3) is 6.40.